The van der Waals surface area contributed by atoms with E-state index in [9.17, 15) is 14.9 Å². The van der Waals surface area contributed by atoms with Crippen LogP contribution in [-0.4, -0.2) is 22.0 Å². The van der Waals surface area contributed by atoms with Crippen LogP contribution in [0.5, 0.6) is 0 Å². The highest BCUT2D eigenvalue weighted by molar-refractivity contribution is 9.10. The van der Waals surface area contributed by atoms with Crippen LogP contribution in [0.1, 0.15) is 15.9 Å². The molecule has 1 aromatic carbocycles. The lowest BCUT2D eigenvalue weighted by molar-refractivity contribution is -0.385. The van der Waals surface area contributed by atoms with E-state index in [1.165, 1.54) is 24.7 Å². The third-order valence-corrected chi connectivity index (χ3v) is 3.16. The number of hydrogen-bond donors (Lipinski definition) is 1. The molecule has 0 aliphatic carbocycles. The molecule has 0 aliphatic rings. The smallest absolute Gasteiger partial charge is 0.267 e. The maximum absolute atomic E-state index is 11.7. The molecule has 1 N–H and O–H groups in total. The largest absolute Gasteiger partial charge is 0.284 e. The van der Waals surface area contributed by atoms with Gasteiger partial charge in [0.25, 0.3) is 11.6 Å². The van der Waals surface area contributed by atoms with E-state index in [2.05, 4.69) is 31.4 Å². The first-order chi connectivity index (χ1) is 10.1. The fourth-order valence-corrected chi connectivity index (χ4v) is 1.87. The number of nitro benzene ring substituents is 1. The maximum atomic E-state index is 11.7. The molecule has 0 fully saturated rings. The van der Waals surface area contributed by atoms with E-state index in [4.69, 9.17) is 0 Å². The summed E-state index contributed by atoms with van der Waals surface area (Å²) in [4.78, 5) is 25.8. The number of amides is 1. The number of hydrogen-bond acceptors (Lipinski definition) is 5. The van der Waals surface area contributed by atoms with Crippen molar-refractivity contribution < 1.29 is 9.72 Å². The van der Waals surface area contributed by atoms with Crippen LogP contribution in [-0.2, 0) is 0 Å². The van der Waals surface area contributed by atoms with Gasteiger partial charge in [0.15, 0.2) is 0 Å². The van der Waals surface area contributed by atoms with Gasteiger partial charge in [0.2, 0.25) is 0 Å². The summed E-state index contributed by atoms with van der Waals surface area (Å²) in [5, 5.41) is 14.6. The molecule has 21 heavy (non-hydrogen) atoms. The van der Waals surface area contributed by atoms with Crippen molar-refractivity contribution in [1.29, 1.82) is 0 Å². The third kappa shape index (κ3) is 3.93. The zero-order valence-electron chi connectivity index (χ0n) is 10.6. The zero-order chi connectivity index (χ0) is 15.2. The topological polar surface area (TPSA) is 97.5 Å². The Morgan fingerprint density at radius 1 is 1.33 bits per heavy atom. The van der Waals surface area contributed by atoms with Gasteiger partial charge in [-0.3, -0.25) is 19.9 Å². The maximum Gasteiger partial charge on any atom is 0.284 e. The van der Waals surface area contributed by atoms with Crippen molar-refractivity contribution in [3.63, 3.8) is 0 Å². The molecule has 1 aromatic heterocycles. The number of nitrogens with one attached hydrogen (secondary N) is 1. The van der Waals surface area contributed by atoms with Crippen molar-refractivity contribution in [2.24, 2.45) is 5.10 Å². The number of benzene rings is 1. The number of nitro groups is 1. The average Bonchev–Trinajstić information content (AvgIpc) is 2.49. The molecule has 2 aromatic rings. The van der Waals surface area contributed by atoms with Crippen LogP contribution in [0.3, 0.4) is 0 Å². The Labute approximate surface area is 128 Å². The van der Waals surface area contributed by atoms with Gasteiger partial charge in [-0.25, -0.2) is 5.43 Å². The minimum atomic E-state index is -0.503. The summed E-state index contributed by atoms with van der Waals surface area (Å²) in [6.45, 7) is 0. The molecule has 1 amide bonds. The van der Waals surface area contributed by atoms with Crippen molar-refractivity contribution >= 4 is 33.7 Å². The summed E-state index contributed by atoms with van der Waals surface area (Å²) in [6, 6.07) is 7.64. The van der Waals surface area contributed by atoms with Crippen molar-refractivity contribution in [1.82, 2.24) is 10.4 Å². The normalized spacial score (nSPS) is 10.5. The Hall–Kier alpha value is -2.61. The van der Waals surface area contributed by atoms with Gasteiger partial charge in [0, 0.05) is 29.6 Å². The molecule has 0 bridgehead atoms. The van der Waals surface area contributed by atoms with Crippen LogP contribution in [0.4, 0.5) is 5.69 Å². The van der Waals surface area contributed by atoms with Gasteiger partial charge in [-0.2, -0.15) is 5.10 Å². The second-order valence-electron chi connectivity index (χ2n) is 3.90. The van der Waals surface area contributed by atoms with Crippen molar-refractivity contribution in [2.75, 3.05) is 0 Å². The lowest BCUT2D eigenvalue weighted by Crippen LogP contribution is -2.17. The Bertz CT molecular complexity index is 704. The summed E-state index contributed by atoms with van der Waals surface area (Å²) in [6.07, 6.45) is 4.33. The fourth-order valence-electron chi connectivity index (χ4n) is 1.48. The molecule has 0 saturated heterocycles. The summed E-state index contributed by atoms with van der Waals surface area (Å²) in [5.74, 6) is -0.389. The van der Waals surface area contributed by atoms with Crippen LogP contribution in [0, 0.1) is 10.1 Å². The second kappa shape index (κ2) is 6.71. The van der Waals surface area contributed by atoms with Crippen molar-refractivity contribution in [2.45, 2.75) is 0 Å². The molecule has 0 unspecified atom stereocenters. The first-order valence-corrected chi connectivity index (χ1v) is 6.54. The summed E-state index contributed by atoms with van der Waals surface area (Å²) in [5.41, 5.74) is 3.18. The minimum absolute atomic E-state index is 0.0700. The molecule has 8 heteroatoms. The first-order valence-electron chi connectivity index (χ1n) is 5.75. The van der Waals surface area contributed by atoms with E-state index in [0.29, 0.717) is 15.6 Å². The second-order valence-corrected chi connectivity index (χ2v) is 4.76. The molecule has 106 valence electrons. The Balaban J connectivity index is 2.07. The highest BCUT2D eigenvalue weighted by Gasteiger charge is 2.11. The zero-order valence-corrected chi connectivity index (χ0v) is 12.1. The van der Waals surface area contributed by atoms with Gasteiger partial charge in [-0.05, 0) is 34.1 Å². The van der Waals surface area contributed by atoms with Gasteiger partial charge in [0.05, 0.1) is 15.6 Å². The number of carbonyl (C=O) groups is 1. The van der Waals surface area contributed by atoms with E-state index in [0.717, 1.165) is 0 Å². The van der Waals surface area contributed by atoms with Crippen LogP contribution < -0.4 is 5.43 Å². The van der Waals surface area contributed by atoms with Crippen LogP contribution in [0.15, 0.2) is 52.3 Å². The average molecular weight is 349 g/mol. The number of halogens is 1. The van der Waals surface area contributed by atoms with Crippen LogP contribution in [0.25, 0.3) is 0 Å². The predicted molar refractivity (Wildman–Crippen MR) is 80.1 cm³/mol. The molecule has 1 heterocycles. The summed E-state index contributed by atoms with van der Waals surface area (Å²) < 4.78 is 0.380. The number of pyridine rings is 1. The summed E-state index contributed by atoms with van der Waals surface area (Å²) in [7, 11) is 0. The molecule has 0 spiro atoms. The van der Waals surface area contributed by atoms with E-state index >= 15 is 0 Å². The van der Waals surface area contributed by atoms with E-state index in [-0.39, 0.29) is 11.6 Å². The quantitative estimate of drug-likeness (QED) is 0.521. The Kier molecular flexibility index (Phi) is 4.72. The van der Waals surface area contributed by atoms with Gasteiger partial charge in [-0.15, -0.1) is 0 Å². The molecular formula is C13H9BrN4O3. The third-order valence-electron chi connectivity index (χ3n) is 2.49. The van der Waals surface area contributed by atoms with E-state index < -0.39 is 4.92 Å². The highest BCUT2D eigenvalue weighted by atomic mass is 79.9. The van der Waals surface area contributed by atoms with E-state index in [1.54, 1.807) is 24.3 Å². The molecule has 2 rings (SSSR count). The first kappa shape index (κ1) is 14.8. The predicted octanol–water partition coefficient (Wildman–Crippen LogP) is 2.52. The highest BCUT2D eigenvalue weighted by Crippen LogP contribution is 2.24. The molecule has 0 aliphatic heterocycles. The molecule has 0 atom stereocenters. The number of rotatable bonds is 4. The lowest BCUT2D eigenvalue weighted by Gasteiger charge is -1.99. The molecule has 7 nitrogen and oxygen atoms in total. The molecular weight excluding hydrogens is 340 g/mol. The van der Waals surface area contributed by atoms with Crippen LogP contribution >= 0.6 is 15.9 Å². The lowest BCUT2D eigenvalue weighted by atomic mass is 10.2. The minimum Gasteiger partial charge on any atom is -0.267 e. The van der Waals surface area contributed by atoms with Gasteiger partial charge < -0.3 is 0 Å². The molecule has 0 radical (unpaired) electrons. The van der Waals surface area contributed by atoms with Crippen molar-refractivity contribution in [3.8, 4) is 0 Å². The monoisotopic (exact) mass is 348 g/mol. The Morgan fingerprint density at radius 3 is 2.71 bits per heavy atom. The van der Waals surface area contributed by atoms with Crippen molar-refractivity contribution in [3.05, 3.63) is 68.4 Å². The summed E-state index contributed by atoms with van der Waals surface area (Å²) >= 11 is 3.09. The SMILES string of the molecule is O=C(N/N=C\c1ccc(Br)c([N+](=O)[O-])c1)c1ccncc1. The number of carbonyl (C=O) groups excluding carboxylic acids is 1. The Morgan fingerprint density at radius 2 is 2.05 bits per heavy atom. The van der Waals surface area contributed by atoms with Gasteiger partial charge in [-0.1, -0.05) is 6.07 Å². The standard InChI is InChI=1S/C13H9BrN4O3/c14-11-2-1-9(7-12(11)18(20)21)8-16-17-13(19)10-3-5-15-6-4-10/h1-8H,(H,17,19)/b16-8-. The number of aromatic nitrogens is 1. The number of hydrazone groups is 1. The van der Waals surface area contributed by atoms with Gasteiger partial charge >= 0.3 is 0 Å². The van der Waals surface area contributed by atoms with Gasteiger partial charge in [0.1, 0.15) is 0 Å². The van der Waals surface area contributed by atoms with Crippen LogP contribution in [0.2, 0.25) is 0 Å². The number of nitrogens with zero attached hydrogens (tertiary/aromatic N) is 3. The fraction of sp³-hybridized carbons (Fsp3) is 0. The molecule has 0 saturated carbocycles. The van der Waals surface area contributed by atoms with E-state index in [1.807, 2.05) is 0 Å².